The van der Waals surface area contributed by atoms with E-state index in [0.717, 1.165) is 25.7 Å². The minimum absolute atomic E-state index is 0.0433. The van der Waals surface area contributed by atoms with Crippen LogP contribution in [-0.4, -0.2) is 29.2 Å². The van der Waals surface area contributed by atoms with Gasteiger partial charge in [0.2, 0.25) is 0 Å². The number of aliphatic hydroxyl groups is 1. The van der Waals surface area contributed by atoms with Crippen molar-refractivity contribution in [3.63, 3.8) is 0 Å². The van der Waals surface area contributed by atoms with E-state index >= 15 is 0 Å². The van der Waals surface area contributed by atoms with Crippen LogP contribution in [0, 0.1) is 0 Å². The van der Waals surface area contributed by atoms with Crippen LogP contribution in [0.15, 0.2) is 12.2 Å². The second-order valence-electron chi connectivity index (χ2n) is 5.87. The van der Waals surface area contributed by atoms with E-state index in [-0.39, 0.29) is 12.2 Å². The zero-order valence-electron chi connectivity index (χ0n) is 12.3. The average Bonchev–Trinajstić information content (AvgIpc) is 2.91. The Labute approximate surface area is 117 Å². The summed E-state index contributed by atoms with van der Waals surface area (Å²) in [7, 11) is 0. The molecule has 0 aromatic heterocycles. The topological polar surface area (TPSA) is 38.7 Å². The number of hydrogen-bond donors (Lipinski definition) is 1. The molecule has 0 aromatic rings. The van der Waals surface area contributed by atoms with Crippen LogP contribution in [0.5, 0.6) is 0 Å². The average molecular weight is 268 g/mol. The summed E-state index contributed by atoms with van der Waals surface area (Å²) in [6.45, 7) is 4.42. The maximum Gasteiger partial charge on any atom is 0.169 e. The fraction of sp³-hybridized carbons (Fsp3) is 0.875. The summed E-state index contributed by atoms with van der Waals surface area (Å²) in [5, 5.41) is 9.88. The van der Waals surface area contributed by atoms with Crippen LogP contribution in [0.3, 0.4) is 0 Å². The largest absolute Gasteiger partial charge is 0.386 e. The van der Waals surface area contributed by atoms with Crippen molar-refractivity contribution in [3.05, 3.63) is 12.2 Å². The van der Waals surface area contributed by atoms with Crippen molar-refractivity contribution in [2.75, 3.05) is 0 Å². The molecule has 0 saturated carbocycles. The Balaban J connectivity index is 1.93. The van der Waals surface area contributed by atoms with Gasteiger partial charge < -0.3 is 14.6 Å². The Morgan fingerprint density at radius 2 is 1.58 bits per heavy atom. The van der Waals surface area contributed by atoms with E-state index in [9.17, 15) is 5.11 Å². The first-order valence-electron chi connectivity index (χ1n) is 7.93. The van der Waals surface area contributed by atoms with Crippen molar-refractivity contribution in [2.45, 2.75) is 89.3 Å². The summed E-state index contributed by atoms with van der Waals surface area (Å²) in [4.78, 5) is 0. The van der Waals surface area contributed by atoms with Gasteiger partial charge in [-0.25, -0.2) is 0 Å². The van der Waals surface area contributed by atoms with E-state index in [1.54, 1.807) is 6.08 Å². The number of ether oxygens (including phenoxy) is 2. The summed E-state index contributed by atoms with van der Waals surface area (Å²) in [6.07, 6.45) is 12.1. The maximum absolute atomic E-state index is 9.88. The molecule has 19 heavy (non-hydrogen) atoms. The lowest BCUT2D eigenvalue weighted by Gasteiger charge is -2.29. The van der Waals surface area contributed by atoms with Crippen molar-refractivity contribution in [3.8, 4) is 0 Å². The van der Waals surface area contributed by atoms with Gasteiger partial charge in [-0.3, -0.25) is 0 Å². The lowest BCUT2D eigenvalue weighted by atomic mass is 10.0. The monoisotopic (exact) mass is 268 g/mol. The van der Waals surface area contributed by atoms with E-state index in [1.807, 2.05) is 6.08 Å². The minimum atomic E-state index is -0.496. The smallest absolute Gasteiger partial charge is 0.169 e. The minimum Gasteiger partial charge on any atom is -0.386 e. The van der Waals surface area contributed by atoms with Gasteiger partial charge in [0.25, 0.3) is 0 Å². The molecule has 1 aliphatic carbocycles. The summed E-state index contributed by atoms with van der Waals surface area (Å²) < 4.78 is 12.3. The zero-order valence-corrected chi connectivity index (χ0v) is 12.3. The van der Waals surface area contributed by atoms with Gasteiger partial charge >= 0.3 is 0 Å². The SMILES string of the molecule is CCCCCC1(CCCCC)O[C@@H]2[C@H](O)C=C[C@@H]2O1. The summed E-state index contributed by atoms with van der Waals surface area (Å²) in [5.74, 6) is -0.439. The van der Waals surface area contributed by atoms with Crippen molar-refractivity contribution < 1.29 is 14.6 Å². The highest BCUT2D eigenvalue weighted by molar-refractivity contribution is 5.13. The molecule has 0 bridgehead atoms. The first kappa shape index (κ1) is 15.0. The normalized spacial score (nSPS) is 31.8. The molecule has 2 rings (SSSR count). The molecule has 1 saturated heterocycles. The molecule has 0 spiro atoms. The Bertz CT molecular complexity index is 290. The number of unbranched alkanes of at least 4 members (excludes halogenated alkanes) is 4. The molecule has 1 N–H and O–H groups in total. The molecule has 1 aliphatic heterocycles. The van der Waals surface area contributed by atoms with Crippen molar-refractivity contribution in [2.24, 2.45) is 0 Å². The third-order valence-electron chi connectivity index (χ3n) is 4.18. The highest BCUT2D eigenvalue weighted by Crippen LogP contribution is 2.41. The first-order chi connectivity index (χ1) is 9.21. The molecule has 3 atom stereocenters. The molecule has 3 nitrogen and oxygen atoms in total. The Kier molecular flexibility index (Phi) is 5.43. The third kappa shape index (κ3) is 3.59. The van der Waals surface area contributed by atoms with Crippen LogP contribution in [0.1, 0.15) is 65.2 Å². The van der Waals surface area contributed by atoms with Crippen LogP contribution >= 0.6 is 0 Å². The molecule has 2 aliphatic rings. The zero-order chi connectivity index (χ0) is 13.7. The lowest BCUT2D eigenvalue weighted by molar-refractivity contribution is -0.190. The van der Waals surface area contributed by atoms with Gasteiger partial charge in [-0.1, -0.05) is 51.7 Å². The Hall–Kier alpha value is -0.380. The fourth-order valence-electron chi connectivity index (χ4n) is 3.05. The molecule has 1 fully saturated rings. The van der Waals surface area contributed by atoms with Gasteiger partial charge in [0, 0.05) is 12.8 Å². The predicted octanol–water partition coefficient (Wildman–Crippen LogP) is 3.56. The van der Waals surface area contributed by atoms with E-state index in [4.69, 9.17) is 9.47 Å². The number of aliphatic hydroxyl groups excluding tert-OH is 1. The number of hydrogen-bond acceptors (Lipinski definition) is 3. The molecule has 1 heterocycles. The molecule has 0 amide bonds. The van der Waals surface area contributed by atoms with Crippen LogP contribution in [0.4, 0.5) is 0 Å². The highest BCUT2D eigenvalue weighted by atomic mass is 16.8. The van der Waals surface area contributed by atoms with Gasteiger partial charge in [0.05, 0.1) is 0 Å². The second kappa shape index (κ2) is 6.87. The third-order valence-corrected chi connectivity index (χ3v) is 4.18. The van der Waals surface area contributed by atoms with E-state index in [2.05, 4.69) is 13.8 Å². The predicted molar refractivity (Wildman–Crippen MR) is 75.9 cm³/mol. The first-order valence-corrected chi connectivity index (χ1v) is 7.93. The quantitative estimate of drug-likeness (QED) is 0.540. The standard InChI is InChI=1S/C16H28O3/c1-3-5-7-11-16(12-8-6-4-2)18-14-10-9-13(17)15(14)19-16/h9-10,13-15,17H,3-8,11-12H2,1-2H3/t13-,14+,15-/m1/s1. The molecular formula is C16H28O3. The summed E-state index contributed by atoms with van der Waals surface area (Å²) in [5.41, 5.74) is 0. The van der Waals surface area contributed by atoms with Crippen molar-refractivity contribution in [1.29, 1.82) is 0 Å². The Morgan fingerprint density at radius 1 is 0.947 bits per heavy atom. The van der Waals surface area contributed by atoms with E-state index < -0.39 is 11.9 Å². The van der Waals surface area contributed by atoms with Gasteiger partial charge in [-0.05, 0) is 12.8 Å². The molecule has 0 unspecified atom stereocenters. The van der Waals surface area contributed by atoms with Crippen molar-refractivity contribution >= 4 is 0 Å². The fourth-order valence-corrected chi connectivity index (χ4v) is 3.05. The van der Waals surface area contributed by atoms with Crippen LogP contribution < -0.4 is 0 Å². The Morgan fingerprint density at radius 3 is 2.11 bits per heavy atom. The van der Waals surface area contributed by atoms with Gasteiger partial charge in [-0.2, -0.15) is 0 Å². The maximum atomic E-state index is 9.88. The van der Waals surface area contributed by atoms with Crippen LogP contribution in [-0.2, 0) is 9.47 Å². The lowest BCUT2D eigenvalue weighted by Crippen LogP contribution is -2.33. The molecule has 0 aromatic carbocycles. The van der Waals surface area contributed by atoms with Crippen LogP contribution in [0.25, 0.3) is 0 Å². The van der Waals surface area contributed by atoms with Crippen LogP contribution in [0.2, 0.25) is 0 Å². The molecule has 0 radical (unpaired) electrons. The highest BCUT2D eigenvalue weighted by Gasteiger charge is 2.49. The van der Waals surface area contributed by atoms with Gasteiger partial charge in [-0.15, -0.1) is 0 Å². The van der Waals surface area contributed by atoms with Gasteiger partial charge in [0.15, 0.2) is 5.79 Å². The van der Waals surface area contributed by atoms with Gasteiger partial charge in [0.1, 0.15) is 18.3 Å². The molecule has 110 valence electrons. The number of rotatable bonds is 8. The molecular weight excluding hydrogens is 240 g/mol. The summed E-state index contributed by atoms with van der Waals surface area (Å²) in [6, 6.07) is 0. The van der Waals surface area contributed by atoms with Crippen molar-refractivity contribution in [1.82, 2.24) is 0 Å². The number of fused-ring (bicyclic) bond motifs is 1. The van der Waals surface area contributed by atoms with E-state index in [0.29, 0.717) is 0 Å². The summed E-state index contributed by atoms with van der Waals surface area (Å²) >= 11 is 0. The molecule has 3 heteroatoms. The second-order valence-corrected chi connectivity index (χ2v) is 5.87. The van der Waals surface area contributed by atoms with E-state index in [1.165, 1.54) is 25.7 Å².